The molecule has 5 heteroatoms. The van der Waals surface area contributed by atoms with Crippen LogP contribution in [-0.4, -0.2) is 61.0 Å². The van der Waals surface area contributed by atoms with E-state index in [2.05, 4.69) is 11.8 Å². The van der Waals surface area contributed by atoms with Crippen molar-refractivity contribution in [3.63, 3.8) is 0 Å². The van der Waals surface area contributed by atoms with E-state index in [4.69, 9.17) is 5.11 Å². The number of aliphatic carboxylic acids is 1. The van der Waals surface area contributed by atoms with Gasteiger partial charge in [-0.2, -0.15) is 0 Å². The Morgan fingerprint density at radius 3 is 2.29 bits per heavy atom. The first-order valence-electron chi connectivity index (χ1n) is 4.04. The van der Waals surface area contributed by atoms with Crippen LogP contribution in [0.4, 0.5) is 0 Å². The average molecular weight is 198 g/mol. The van der Waals surface area contributed by atoms with Gasteiger partial charge < -0.3 is 10.0 Å². The van der Waals surface area contributed by atoms with E-state index in [0.29, 0.717) is 0 Å². The molecule has 0 aliphatic rings. The molecule has 0 aromatic carbocycles. The highest BCUT2D eigenvalue weighted by Gasteiger charge is 2.01. The predicted molar refractivity (Wildman–Crippen MR) is 51.6 cm³/mol. The van der Waals surface area contributed by atoms with Gasteiger partial charge in [-0.1, -0.05) is 5.92 Å². The highest BCUT2D eigenvalue weighted by atomic mass is 16.4. The molecule has 1 amide bonds. The van der Waals surface area contributed by atoms with E-state index >= 15 is 0 Å². The van der Waals surface area contributed by atoms with Crippen molar-refractivity contribution >= 4 is 11.9 Å². The second-order valence-corrected chi connectivity index (χ2v) is 3.07. The molecule has 0 aromatic rings. The first-order chi connectivity index (χ1) is 6.43. The maximum Gasteiger partial charge on any atom is 0.317 e. The van der Waals surface area contributed by atoms with Crippen molar-refractivity contribution < 1.29 is 14.7 Å². The molecule has 0 saturated carbocycles. The molecular formula is C9H14N2O3. The Morgan fingerprint density at radius 1 is 1.29 bits per heavy atom. The molecule has 14 heavy (non-hydrogen) atoms. The highest BCUT2D eigenvalue weighted by molar-refractivity contribution is 5.93. The number of carbonyl (C=O) groups excluding carboxylic acids is 1. The van der Waals surface area contributed by atoms with E-state index in [0.717, 1.165) is 0 Å². The van der Waals surface area contributed by atoms with E-state index in [1.54, 1.807) is 21.1 Å². The summed E-state index contributed by atoms with van der Waals surface area (Å²) >= 11 is 0. The molecule has 78 valence electrons. The van der Waals surface area contributed by atoms with Gasteiger partial charge in [0.25, 0.3) is 5.91 Å². The first-order valence-corrected chi connectivity index (χ1v) is 4.04. The van der Waals surface area contributed by atoms with Crippen LogP contribution in [0.5, 0.6) is 0 Å². The molecule has 0 saturated heterocycles. The van der Waals surface area contributed by atoms with Gasteiger partial charge in [-0.05, 0) is 13.0 Å². The van der Waals surface area contributed by atoms with Crippen molar-refractivity contribution in [2.75, 3.05) is 34.2 Å². The molecule has 0 aliphatic heterocycles. The quantitative estimate of drug-likeness (QED) is 0.597. The number of rotatable bonds is 3. The summed E-state index contributed by atoms with van der Waals surface area (Å²) in [6.45, 7) is 0.191. The van der Waals surface area contributed by atoms with E-state index in [1.165, 1.54) is 9.80 Å². The van der Waals surface area contributed by atoms with Gasteiger partial charge in [-0.15, -0.1) is 0 Å². The maximum atomic E-state index is 11.0. The Kier molecular flexibility index (Phi) is 5.34. The molecule has 0 aromatic heterocycles. The van der Waals surface area contributed by atoms with Gasteiger partial charge in [0, 0.05) is 14.1 Å². The van der Waals surface area contributed by atoms with Crippen LogP contribution in [0.15, 0.2) is 0 Å². The van der Waals surface area contributed by atoms with Gasteiger partial charge in [0.1, 0.15) is 0 Å². The van der Waals surface area contributed by atoms with Crippen LogP contribution in [0.3, 0.4) is 0 Å². The van der Waals surface area contributed by atoms with Crippen LogP contribution in [0.2, 0.25) is 0 Å². The molecule has 0 heterocycles. The fourth-order valence-corrected chi connectivity index (χ4v) is 0.649. The Morgan fingerprint density at radius 2 is 1.86 bits per heavy atom. The van der Waals surface area contributed by atoms with Crippen LogP contribution in [-0.2, 0) is 9.59 Å². The van der Waals surface area contributed by atoms with Crippen molar-refractivity contribution in [1.29, 1.82) is 0 Å². The SMILES string of the molecule is CN(CC#CC(=O)N(C)C)CC(=O)O. The minimum absolute atomic E-state index is 0.0785. The zero-order valence-electron chi connectivity index (χ0n) is 8.57. The van der Waals surface area contributed by atoms with Gasteiger partial charge in [-0.3, -0.25) is 14.5 Å². The molecule has 5 nitrogen and oxygen atoms in total. The number of amides is 1. The predicted octanol–water partition coefficient (Wildman–Crippen LogP) is -0.906. The van der Waals surface area contributed by atoms with Gasteiger partial charge in [0.05, 0.1) is 13.1 Å². The van der Waals surface area contributed by atoms with Gasteiger partial charge >= 0.3 is 5.97 Å². The molecule has 0 atom stereocenters. The third-order valence-corrected chi connectivity index (χ3v) is 1.36. The summed E-state index contributed by atoms with van der Waals surface area (Å²) in [6.07, 6.45) is 0. The van der Waals surface area contributed by atoms with Gasteiger partial charge in [0.2, 0.25) is 0 Å². The van der Waals surface area contributed by atoms with Gasteiger partial charge in [0.15, 0.2) is 0 Å². The second-order valence-electron chi connectivity index (χ2n) is 3.07. The number of nitrogens with zero attached hydrogens (tertiary/aromatic N) is 2. The first kappa shape index (κ1) is 12.5. The Balaban J connectivity index is 3.92. The van der Waals surface area contributed by atoms with Crippen LogP contribution < -0.4 is 0 Å². The van der Waals surface area contributed by atoms with E-state index in [9.17, 15) is 9.59 Å². The number of likely N-dealkylation sites (N-methyl/N-ethyl adjacent to an activating group) is 1. The number of hydrogen-bond acceptors (Lipinski definition) is 3. The summed E-state index contributed by atoms with van der Waals surface area (Å²) < 4.78 is 0. The number of hydrogen-bond donors (Lipinski definition) is 1. The topological polar surface area (TPSA) is 60.9 Å². The molecule has 1 N–H and O–H groups in total. The van der Waals surface area contributed by atoms with E-state index in [1.807, 2.05) is 0 Å². The third kappa shape index (κ3) is 6.03. The van der Waals surface area contributed by atoms with Crippen LogP contribution in [0.1, 0.15) is 0 Å². The van der Waals surface area contributed by atoms with Crippen molar-refractivity contribution in [1.82, 2.24) is 9.80 Å². The Bertz CT molecular complexity index is 276. The summed E-state index contributed by atoms with van der Waals surface area (Å²) in [7, 11) is 4.85. The molecular weight excluding hydrogens is 184 g/mol. The van der Waals surface area contributed by atoms with E-state index < -0.39 is 5.97 Å². The van der Waals surface area contributed by atoms with E-state index in [-0.39, 0.29) is 19.0 Å². The molecule has 0 radical (unpaired) electrons. The lowest BCUT2D eigenvalue weighted by molar-refractivity contribution is -0.137. The molecule has 0 rings (SSSR count). The zero-order valence-corrected chi connectivity index (χ0v) is 8.57. The summed E-state index contributed by atoms with van der Waals surface area (Å²) in [5, 5.41) is 8.42. The summed E-state index contributed by atoms with van der Waals surface area (Å²) in [4.78, 5) is 24.1. The molecule has 0 fully saturated rings. The lowest BCUT2D eigenvalue weighted by Gasteiger charge is -2.08. The van der Waals surface area contributed by atoms with Crippen molar-refractivity contribution in [3.8, 4) is 11.8 Å². The van der Waals surface area contributed by atoms with Crippen LogP contribution >= 0.6 is 0 Å². The van der Waals surface area contributed by atoms with Crippen LogP contribution in [0, 0.1) is 11.8 Å². The van der Waals surface area contributed by atoms with Gasteiger partial charge in [-0.25, -0.2) is 0 Å². The molecule has 0 bridgehead atoms. The normalized spacial score (nSPS) is 9.14. The number of carboxylic acids is 1. The lowest BCUT2D eigenvalue weighted by Crippen LogP contribution is -2.26. The third-order valence-electron chi connectivity index (χ3n) is 1.36. The number of carboxylic acid groups (broad SMARTS) is 1. The minimum atomic E-state index is -0.909. The maximum absolute atomic E-state index is 11.0. The second kappa shape index (κ2) is 6.00. The molecule has 0 aliphatic carbocycles. The smallest absolute Gasteiger partial charge is 0.317 e. The Labute approximate surface area is 83.3 Å². The average Bonchev–Trinajstić information content (AvgIpc) is 2.02. The largest absolute Gasteiger partial charge is 0.480 e. The highest BCUT2D eigenvalue weighted by Crippen LogP contribution is 1.80. The lowest BCUT2D eigenvalue weighted by atomic mass is 10.4. The van der Waals surface area contributed by atoms with Crippen molar-refractivity contribution in [2.45, 2.75) is 0 Å². The van der Waals surface area contributed by atoms with Crippen molar-refractivity contribution in [2.24, 2.45) is 0 Å². The van der Waals surface area contributed by atoms with Crippen molar-refractivity contribution in [3.05, 3.63) is 0 Å². The molecule has 0 spiro atoms. The summed E-state index contributed by atoms with van der Waals surface area (Å²) in [5.74, 6) is 3.79. The summed E-state index contributed by atoms with van der Waals surface area (Å²) in [6, 6.07) is 0. The monoisotopic (exact) mass is 198 g/mol. The summed E-state index contributed by atoms with van der Waals surface area (Å²) in [5.41, 5.74) is 0. The zero-order chi connectivity index (χ0) is 11.1. The fourth-order valence-electron chi connectivity index (χ4n) is 0.649. The standard InChI is InChI=1S/C9H14N2O3/c1-10(2)8(12)5-4-6-11(3)7-9(13)14/h6-7H2,1-3H3,(H,13,14). The Hall–Kier alpha value is -1.54. The fraction of sp³-hybridized carbons (Fsp3) is 0.556. The minimum Gasteiger partial charge on any atom is -0.480 e. The van der Waals surface area contributed by atoms with Crippen LogP contribution in [0.25, 0.3) is 0 Å². The number of carbonyl (C=O) groups is 2. The molecule has 0 unspecified atom stereocenters.